The largest absolute Gasteiger partial charge is 0.292 e. The van der Waals surface area contributed by atoms with Crippen molar-refractivity contribution >= 4 is 0 Å². The predicted octanol–water partition coefficient (Wildman–Crippen LogP) is 2.84. The molecule has 1 aromatic rings. The Kier molecular flexibility index (Phi) is 2.75. The highest BCUT2D eigenvalue weighted by Gasteiger charge is 2.25. The van der Waals surface area contributed by atoms with E-state index in [-0.39, 0.29) is 0 Å². The molecular weight excluding hydrogens is 184 g/mol. The Hall–Kier alpha value is -1.33. The highest BCUT2D eigenvalue weighted by Crippen LogP contribution is 2.33. The lowest BCUT2D eigenvalue weighted by Gasteiger charge is -2.20. The molecule has 0 bridgehead atoms. The second-order valence-corrected chi connectivity index (χ2v) is 4.17. The van der Waals surface area contributed by atoms with Crippen molar-refractivity contribution in [2.75, 3.05) is 6.54 Å². The highest BCUT2D eigenvalue weighted by atomic mass is 15.2. The van der Waals surface area contributed by atoms with Gasteiger partial charge in [-0.25, -0.2) is 0 Å². The van der Waals surface area contributed by atoms with E-state index in [0.717, 1.165) is 18.7 Å². The van der Waals surface area contributed by atoms with Crippen molar-refractivity contribution < 1.29 is 0 Å². The molecule has 78 valence electrons. The molecule has 1 aromatic carbocycles. The van der Waals surface area contributed by atoms with Crippen molar-refractivity contribution in [1.82, 2.24) is 4.90 Å². The van der Waals surface area contributed by atoms with Crippen molar-refractivity contribution in [3.63, 3.8) is 0 Å². The van der Waals surface area contributed by atoms with E-state index < -0.39 is 0 Å². The van der Waals surface area contributed by atoms with Crippen LogP contribution in [-0.2, 0) is 6.54 Å². The van der Waals surface area contributed by atoms with Crippen LogP contribution in [0.5, 0.6) is 0 Å². The van der Waals surface area contributed by atoms with Crippen LogP contribution in [0.2, 0.25) is 0 Å². The number of fused-ring (bicyclic) bond motifs is 1. The molecule has 1 unspecified atom stereocenters. The zero-order valence-corrected chi connectivity index (χ0v) is 9.33. The summed E-state index contributed by atoms with van der Waals surface area (Å²) >= 11 is 0. The number of hydrogen-bond acceptors (Lipinski definition) is 2. The Balaban J connectivity index is 2.30. The molecule has 0 aromatic heterocycles. The van der Waals surface area contributed by atoms with Gasteiger partial charge in [0.15, 0.2) is 0 Å². The summed E-state index contributed by atoms with van der Waals surface area (Å²) < 4.78 is 0. The molecule has 15 heavy (non-hydrogen) atoms. The lowest BCUT2D eigenvalue weighted by molar-refractivity contribution is 0.230. The molecule has 0 radical (unpaired) electrons. The first-order chi connectivity index (χ1) is 7.26. The Labute approximate surface area is 91.1 Å². The average molecular weight is 200 g/mol. The number of nitrogens with zero attached hydrogens (tertiary/aromatic N) is 2. The van der Waals surface area contributed by atoms with E-state index in [2.05, 4.69) is 30.9 Å². The van der Waals surface area contributed by atoms with Gasteiger partial charge in [-0.2, -0.15) is 5.26 Å². The van der Waals surface area contributed by atoms with Crippen LogP contribution in [-0.4, -0.2) is 11.4 Å². The molecule has 1 heterocycles. The monoisotopic (exact) mass is 200 g/mol. The molecule has 2 rings (SSSR count). The van der Waals surface area contributed by atoms with Crippen LogP contribution in [0.3, 0.4) is 0 Å². The van der Waals surface area contributed by atoms with Gasteiger partial charge in [0, 0.05) is 12.6 Å². The third-order valence-corrected chi connectivity index (χ3v) is 3.16. The summed E-state index contributed by atoms with van der Waals surface area (Å²) in [4.78, 5) is 2.46. The van der Waals surface area contributed by atoms with Crippen LogP contribution in [0.1, 0.15) is 43.0 Å². The first-order valence-electron chi connectivity index (χ1n) is 5.53. The highest BCUT2D eigenvalue weighted by molar-refractivity contribution is 5.41. The average Bonchev–Trinajstić information content (AvgIpc) is 2.56. The van der Waals surface area contributed by atoms with E-state index in [1.165, 1.54) is 17.5 Å². The molecule has 1 atom stereocenters. The zero-order valence-electron chi connectivity index (χ0n) is 9.33. The summed E-state index contributed by atoms with van der Waals surface area (Å²) in [5.74, 6) is 0. The first-order valence-corrected chi connectivity index (χ1v) is 5.53. The van der Waals surface area contributed by atoms with Crippen molar-refractivity contribution in [2.24, 2.45) is 0 Å². The van der Waals surface area contributed by atoms with Crippen LogP contribution >= 0.6 is 0 Å². The molecule has 2 nitrogen and oxygen atoms in total. The first kappa shape index (κ1) is 10.2. The lowest BCUT2D eigenvalue weighted by atomic mass is 10.0. The van der Waals surface area contributed by atoms with Gasteiger partial charge in [-0.05, 0) is 43.1 Å². The molecule has 1 aliphatic heterocycles. The van der Waals surface area contributed by atoms with Gasteiger partial charge in [0.1, 0.15) is 0 Å². The number of nitriles is 1. The molecule has 2 heteroatoms. The molecule has 1 aliphatic rings. The van der Waals surface area contributed by atoms with Gasteiger partial charge >= 0.3 is 0 Å². The van der Waals surface area contributed by atoms with E-state index in [1.807, 2.05) is 12.1 Å². The van der Waals surface area contributed by atoms with E-state index in [9.17, 15) is 0 Å². The van der Waals surface area contributed by atoms with Crippen LogP contribution < -0.4 is 0 Å². The molecule has 0 amide bonds. The van der Waals surface area contributed by atoms with Crippen molar-refractivity contribution in [2.45, 2.75) is 32.9 Å². The second kappa shape index (κ2) is 4.04. The molecule has 0 saturated carbocycles. The predicted molar refractivity (Wildman–Crippen MR) is 60.3 cm³/mol. The van der Waals surface area contributed by atoms with Crippen molar-refractivity contribution in [1.29, 1.82) is 5.26 Å². The normalized spacial score (nSPS) is 19.9. The van der Waals surface area contributed by atoms with Gasteiger partial charge in [0.25, 0.3) is 0 Å². The molecule has 0 spiro atoms. The zero-order chi connectivity index (χ0) is 10.8. The number of hydrogen-bond donors (Lipinski definition) is 0. The number of benzene rings is 1. The Morgan fingerprint density at radius 1 is 1.53 bits per heavy atom. The van der Waals surface area contributed by atoms with Crippen LogP contribution in [0.15, 0.2) is 18.2 Å². The molecule has 0 fully saturated rings. The Morgan fingerprint density at radius 2 is 2.33 bits per heavy atom. The summed E-state index contributed by atoms with van der Waals surface area (Å²) in [6, 6.07) is 8.72. The van der Waals surface area contributed by atoms with Crippen molar-refractivity contribution in [3.8, 4) is 6.07 Å². The van der Waals surface area contributed by atoms with Crippen LogP contribution in [0, 0.1) is 11.3 Å². The fourth-order valence-corrected chi connectivity index (χ4v) is 2.31. The summed E-state index contributed by atoms with van der Waals surface area (Å²) in [6.45, 7) is 6.60. The van der Waals surface area contributed by atoms with E-state index in [0.29, 0.717) is 6.04 Å². The summed E-state index contributed by atoms with van der Waals surface area (Å²) in [5.41, 5.74) is 3.50. The minimum Gasteiger partial charge on any atom is -0.292 e. The third kappa shape index (κ3) is 1.75. The summed E-state index contributed by atoms with van der Waals surface area (Å²) in [7, 11) is 0. The third-order valence-electron chi connectivity index (χ3n) is 3.16. The van der Waals surface area contributed by atoms with Crippen LogP contribution in [0.4, 0.5) is 0 Å². The second-order valence-electron chi connectivity index (χ2n) is 4.17. The molecule has 0 saturated heterocycles. The maximum atomic E-state index is 8.86. The molecular formula is C13H16N2. The van der Waals surface area contributed by atoms with Gasteiger partial charge < -0.3 is 0 Å². The Bertz CT molecular complexity index is 403. The lowest BCUT2D eigenvalue weighted by Crippen LogP contribution is -2.20. The van der Waals surface area contributed by atoms with E-state index >= 15 is 0 Å². The van der Waals surface area contributed by atoms with Gasteiger partial charge in [-0.15, -0.1) is 0 Å². The number of rotatable bonds is 2. The topological polar surface area (TPSA) is 27.0 Å². The summed E-state index contributed by atoms with van der Waals surface area (Å²) in [5, 5.41) is 8.86. The Morgan fingerprint density at radius 3 is 3.00 bits per heavy atom. The van der Waals surface area contributed by atoms with Gasteiger partial charge in [0.2, 0.25) is 0 Å². The SMILES string of the molecule is CCCN1Cc2ccc(C#N)cc2C1C. The maximum Gasteiger partial charge on any atom is 0.0991 e. The van der Waals surface area contributed by atoms with Gasteiger partial charge in [-0.3, -0.25) is 4.90 Å². The minimum absolute atomic E-state index is 0.466. The van der Waals surface area contributed by atoms with Gasteiger partial charge in [0.05, 0.1) is 11.6 Å². The standard InChI is InChI=1S/C13H16N2/c1-3-6-15-9-12-5-4-11(8-14)7-13(12)10(15)2/h4-5,7,10H,3,6,9H2,1-2H3. The smallest absolute Gasteiger partial charge is 0.0991 e. The molecule has 0 N–H and O–H groups in total. The van der Waals surface area contributed by atoms with Crippen LogP contribution in [0.25, 0.3) is 0 Å². The van der Waals surface area contributed by atoms with Gasteiger partial charge in [-0.1, -0.05) is 13.0 Å². The summed E-state index contributed by atoms with van der Waals surface area (Å²) in [6.07, 6.45) is 1.18. The van der Waals surface area contributed by atoms with E-state index in [4.69, 9.17) is 5.26 Å². The van der Waals surface area contributed by atoms with E-state index in [1.54, 1.807) is 0 Å². The minimum atomic E-state index is 0.466. The van der Waals surface area contributed by atoms with Crippen molar-refractivity contribution in [3.05, 3.63) is 34.9 Å². The fraction of sp³-hybridized carbons (Fsp3) is 0.462. The molecule has 0 aliphatic carbocycles. The fourth-order valence-electron chi connectivity index (χ4n) is 2.31. The maximum absolute atomic E-state index is 8.86. The quantitative estimate of drug-likeness (QED) is 0.734.